The van der Waals surface area contributed by atoms with Crippen LogP contribution in [0.5, 0.6) is 5.88 Å². The average molecular weight is 202 g/mol. The topological polar surface area (TPSA) is 65.3 Å². The second-order valence-electron chi connectivity index (χ2n) is 3.47. The van der Waals surface area contributed by atoms with Gasteiger partial charge in [-0.25, -0.2) is 0 Å². The van der Waals surface area contributed by atoms with Crippen LogP contribution in [0.4, 0.5) is 5.00 Å². The Hall–Kier alpha value is -1.17. The van der Waals surface area contributed by atoms with E-state index in [0.29, 0.717) is 5.88 Å². The molecule has 5 nitrogen and oxygen atoms in total. The molecule has 1 aromatic rings. The molecule has 0 radical (unpaired) electrons. The lowest BCUT2D eigenvalue weighted by molar-refractivity contribution is -0.380. The lowest BCUT2D eigenvalue weighted by Gasteiger charge is -2.18. The van der Waals surface area contributed by atoms with Crippen LogP contribution in [0.1, 0.15) is 20.8 Å². The normalized spacial score (nSPS) is 11.3. The Morgan fingerprint density at radius 1 is 1.62 bits per heavy atom. The third-order valence-corrected chi connectivity index (χ3v) is 1.79. The van der Waals surface area contributed by atoms with Gasteiger partial charge < -0.3 is 4.74 Å². The van der Waals surface area contributed by atoms with Crippen LogP contribution in [-0.4, -0.2) is 14.9 Å². The number of ether oxygens (including phenoxy) is 1. The maximum absolute atomic E-state index is 10.3. The third-order valence-electron chi connectivity index (χ3n) is 1.07. The summed E-state index contributed by atoms with van der Waals surface area (Å²) < 4.78 is 9.13. The SMILES string of the molecule is CC(C)(C)Oc1cc([N+](=O)[O-])sn1. The molecule has 6 heteroatoms. The van der Waals surface area contributed by atoms with E-state index in [1.54, 1.807) is 0 Å². The van der Waals surface area contributed by atoms with Crippen molar-refractivity contribution in [1.29, 1.82) is 0 Å². The van der Waals surface area contributed by atoms with Gasteiger partial charge in [-0.2, -0.15) is 0 Å². The van der Waals surface area contributed by atoms with Crippen LogP contribution in [0, 0.1) is 10.1 Å². The highest BCUT2D eigenvalue weighted by molar-refractivity contribution is 7.09. The lowest BCUT2D eigenvalue weighted by atomic mass is 10.2. The highest BCUT2D eigenvalue weighted by Crippen LogP contribution is 2.26. The van der Waals surface area contributed by atoms with E-state index in [1.807, 2.05) is 20.8 Å². The molecule has 1 aromatic heterocycles. The molecule has 13 heavy (non-hydrogen) atoms. The number of nitrogens with zero attached hydrogens (tertiary/aromatic N) is 2. The molecular weight excluding hydrogens is 192 g/mol. The van der Waals surface area contributed by atoms with E-state index in [0.717, 1.165) is 11.5 Å². The fourth-order valence-corrected chi connectivity index (χ4v) is 1.19. The smallest absolute Gasteiger partial charge is 0.347 e. The Balaban J connectivity index is 2.75. The summed E-state index contributed by atoms with van der Waals surface area (Å²) in [6.07, 6.45) is 0. The van der Waals surface area contributed by atoms with Gasteiger partial charge in [0.1, 0.15) is 5.60 Å². The van der Waals surface area contributed by atoms with Gasteiger partial charge >= 0.3 is 5.00 Å². The summed E-state index contributed by atoms with van der Waals surface area (Å²) >= 11 is 0.824. The number of hydrogen-bond donors (Lipinski definition) is 0. The Morgan fingerprint density at radius 2 is 2.23 bits per heavy atom. The van der Waals surface area contributed by atoms with Crippen LogP contribution in [0.2, 0.25) is 0 Å². The minimum Gasteiger partial charge on any atom is -0.471 e. The number of hydrogen-bond acceptors (Lipinski definition) is 5. The van der Waals surface area contributed by atoms with Crippen molar-refractivity contribution in [1.82, 2.24) is 4.37 Å². The predicted molar refractivity (Wildman–Crippen MR) is 49.1 cm³/mol. The van der Waals surface area contributed by atoms with Crippen LogP contribution >= 0.6 is 11.5 Å². The first-order chi connectivity index (χ1) is 5.88. The van der Waals surface area contributed by atoms with Crippen LogP contribution in [-0.2, 0) is 0 Å². The van der Waals surface area contributed by atoms with Gasteiger partial charge in [-0.05, 0) is 20.8 Å². The summed E-state index contributed by atoms with van der Waals surface area (Å²) in [5.41, 5.74) is -0.373. The van der Waals surface area contributed by atoms with Gasteiger partial charge in [-0.3, -0.25) is 10.1 Å². The molecule has 0 amide bonds. The van der Waals surface area contributed by atoms with Gasteiger partial charge in [0.15, 0.2) is 0 Å². The van der Waals surface area contributed by atoms with E-state index in [2.05, 4.69) is 4.37 Å². The molecule has 1 heterocycles. The van der Waals surface area contributed by atoms with Crippen LogP contribution in [0.25, 0.3) is 0 Å². The summed E-state index contributed by atoms with van der Waals surface area (Å²) in [6, 6.07) is 1.33. The molecule has 72 valence electrons. The molecule has 0 aliphatic heterocycles. The summed E-state index contributed by atoms with van der Waals surface area (Å²) in [5, 5.41) is 10.3. The van der Waals surface area contributed by atoms with Gasteiger partial charge in [0.25, 0.3) is 0 Å². The molecule has 0 unspecified atom stereocenters. The van der Waals surface area contributed by atoms with E-state index in [4.69, 9.17) is 4.74 Å². The number of nitro groups is 1. The van der Waals surface area contributed by atoms with Crippen molar-refractivity contribution in [2.75, 3.05) is 0 Å². The van der Waals surface area contributed by atoms with E-state index >= 15 is 0 Å². The second kappa shape index (κ2) is 3.29. The average Bonchev–Trinajstić information content (AvgIpc) is 2.31. The van der Waals surface area contributed by atoms with E-state index < -0.39 is 4.92 Å². The third kappa shape index (κ3) is 2.98. The molecule has 0 fully saturated rings. The maximum atomic E-state index is 10.3. The van der Waals surface area contributed by atoms with Gasteiger partial charge in [0.05, 0.1) is 11.0 Å². The molecule has 0 saturated carbocycles. The molecule has 0 spiro atoms. The van der Waals surface area contributed by atoms with E-state index in [9.17, 15) is 10.1 Å². The molecule has 1 rings (SSSR count). The van der Waals surface area contributed by atoms with Crippen LogP contribution < -0.4 is 4.74 Å². The van der Waals surface area contributed by atoms with Crippen molar-refractivity contribution in [3.63, 3.8) is 0 Å². The fraction of sp³-hybridized carbons (Fsp3) is 0.571. The standard InChI is InChI=1S/C7H10N2O3S/c1-7(2,3)12-5-4-6(9(10)11)13-8-5/h4H,1-3H3. The molecule has 0 atom stereocenters. The summed E-state index contributed by atoms with van der Waals surface area (Å²) in [7, 11) is 0. The summed E-state index contributed by atoms with van der Waals surface area (Å²) in [5.74, 6) is 0.309. The molecule has 0 aromatic carbocycles. The van der Waals surface area contributed by atoms with Gasteiger partial charge in [0, 0.05) is 11.5 Å². The van der Waals surface area contributed by atoms with E-state index in [1.165, 1.54) is 6.07 Å². The first-order valence-corrected chi connectivity index (χ1v) is 4.46. The minimum atomic E-state index is -0.479. The summed E-state index contributed by atoms with van der Waals surface area (Å²) in [4.78, 5) is 9.82. The minimum absolute atomic E-state index is 0.000694. The Labute approximate surface area is 79.7 Å². The zero-order chi connectivity index (χ0) is 10.1. The zero-order valence-electron chi connectivity index (χ0n) is 7.60. The lowest BCUT2D eigenvalue weighted by Crippen LogP contribution is -2.22. The molecule has 0 bridgehead atoms. The molecule has 0 N–H and O–H groups in total. The van der Waals surface area contributed by atoms with Crippen molar-refractivity contribution in [2.45, 2.75) is 26.4 Å². The molecule has 0 aliphatic rings. The van der Waals surface area contributed by atoms with Crippen LogP contribution in [0.15, 0.2) is 6.07 Å². The van der Waals surface area contributed by atoms with Gasteiger partial charge in [-0.1, -0.05) is 0 Å². The van der Waals surface area contributed by atoms with E-state index in [-0.39, 0.29) is 10.6 Å². The molecular formula is C7H10N2O3S. The number of aromatic nitrogens is 1. The Bertz CT molecular complexity index is 316. The highest BCUT2D eigenvalue weighted by atomic mass is 32.1. The van der Waals surface area contributed by atoms with Crippen molar-refractivity contribution < 1.29 is 9.66 Å². The molecule has 0 saturated heterocycles. The second-order valence-corrected chi connectivity index (χ2v) is 4.26. The first kappa shape index (κ1) is 9.91. The summed E-state index contributed by atoms with van der Waals surface area (Å²) in [6.45, 7) is 5.58. The molecule has 0 aliphatic carbocycles. The number of rotatable bonds is 2. The monoisotopic (exact) mass is 202 g/mol. The Morgan fingerprint density at radius 3 is 2.62 bits per heavy atom. The maximum Gasteiger partial charge on any atom is 0.347 e. The van der Waals surface area contributed by atoms with Crippen molar-refractivity contribution in [3.05, 3.63) is 16.2 Å². The largest absolute Gasteiger partial charge is 0.471 e. The first-order valence-electron chi connectivity index (χ1n) is 3.68. The van der Waals surface area contributed by atoms with Crippen molar-refractivity contribution in [3.8, 4) is 5.88 Å². The highest BCUT2D eigenvalue weighted by Gasteiger charge is 2.17. The van der Waals surface area contributed by atoms with Crippen LogP contribution in [0.3, 0.4) is 0 Å². The van der Waals surface area contributed by atoms with Gasteiger partial charge in [0.2, 0.25) is 5.88 Å². The Kier molecular flexibility index (Phi) is 2.51. The predicted octanol–water partition coefficient (Wildman–Crippen LogP) is 2.23. The quantitative estimate of drug-likeness (QED) is 0.544. The fourth-order valence-electron chi connectivity index (χ4n) is 0.698. The van der Waals surface area contributed by atoms with Crippen molar-refractivity contribution in [2.24, 2.45) is 0 Å². The zero-order valence-corrected chi connectivity index (χ0v) is 8.42. The van der Waals surface area contributed by atoms with Crippen molar-refractivity contribution >= 4 is 16.5 Å². The van der Waals surface area contributed by atoms with Gasteiger partial charge in [-0.15, -0.1) is 4.37 Å².